The van der Waals surface area contributed by atoms with Crippen LogP contribution in [0.3, 0.4) is 0 Å². The Hall–Kier alpha value is -0.690. The van der Waals surface area contributed by atoms with Crippen LogP contribution in [0.25, 0.3) is 0 Å². The average molecular weight is 222 g/mol. The zero-order chi connectivity index (χ0) is 10.8. The molecule has 0 aliphatic heterocycles. The molecule has 82 valence electrons. The maximum atomic E-state index is 10.9. The lowest BCUT2D eigenvalue weighted by atomic mass is 9.92. The molecule has 0 heterocycles. The van der Waals surface area contributed by atoms with Gasteiger partial charge in [0.25, 0.3) is 0 Å². The summed E-state index contributed by atoms with van der Waals surface area (Å²) in [5.41, 5.74) is 0. The van der Waals surface area contributed by atoms with Gasteiger partial charge in [0.15, 0.2) is 0 Å². The Bertz CT molecular complexity index is 314. The minimum Gasteiger partial charge on any atom is -0.264 e. The Morgan fingerprint density at radius 2 is 2.07 bits per heavy atom. The van der Waals surface area contributed by atoms with Crippen LogP contribution < -0.4 is 4.72 Å². The molecule has 0 aromatic rings. The summed E-state index contributed by atoms with van der Waals surface area (Å²) in [4.78, 5) is 10.2. The molecule has 0 spiro atoms. The molecule has 1 saturated carbocycles. The van der Waals surface area contributed by atoms with E-state index in [4.69, 9.17) is 0 Å². The van der Waals surface area contributed by atoms with Crippen LogP contribution in [0, 0.1) is 10.1 Å². The summed E-state index contributed by atoms with van der Waals surface area (Å²) in [7, 11) is -3.25. The molecule has 2 atom stereocenters. The van der Waals surface area contributed by atoms with Crippen molar-refractivity contribution in [2.24, 2.45) is 0 Å². The van der Waals surface area contributed by atoms with E-state index in [2.05, 4.69) is 4.72 Å². The van der Waals surface area contributed by atoms with Gasteiger partial charge in [0, 0.05) is 23.8 Å². The van der Waals surface area contributed by atoms with Crippen LogP contribution in [-0.2, 0) is 10.0 Å². The first-order valence-electron chi connectivity index (χ1n) is 4.49. The van der Waals surface area contributed by atoms with Crippen LogP contribution in [-0.4, -0.2) is 31.7 Å². The van der Waals surface area contributed by atoms with Crippen LogP contribution in [0.2, 0.25) is 0 Å². The Morgan fingerprint density at radius 3 is 2.57 bits per heavy atom. The van der Waals surface area contributed by atoms with Crippen molar-refractivity contribution in [3.8, 4) is 0 Å². The molecule has 2 unspecified atom stereocenters. The highest BCUT2D eigenvalue weighted by Gasteiger charge is 2.30. The van der Waals surface area contributed by atoms with Gasteiger partial charge in [-0.3, -0.25) is 10.1 Å². The fourth-order valence-corrected chi connectivity index (χ4v) is 2.58. The summed E-state index contributed by atoms with van der Waals surface area (Å²) in [6, 6.07) is -0.864. The first-order chi connectivity index (χ1) is 6.38. The van der Waals surface area contributed by atoms with Crippen molar-refractivity contribution in [2.75, 3.05) is 6.26 Å². The lowest BCUT2D eigenvalue weighted by Gasteiger charge is -2.24. The lowest BCUT2D eigenvalue weighted by molar-refractivity contribution is -0.526. The Labute approximate surface area is 82.9 Å². The molecule has 14 heavy (non-hydrogen) atoms. The normalized spacial score (nSPS) is 28.6. The van der Waals surface area contributed by atoms with E-state index < -0.39 is 16.1 Å². The van der Waals surface area contributed by atoms with Crippen molar-refractivity contribution in [3.63, 3.8) is 0 Å². The largest absolute Gasteiger partial charge is 0.264 e. The number of sulfonamides is 1. The summed E-state index contributed by atoms with van der Waals surface area (Å²) >= 11 is 0. The van der Waals surface area contributed by atoms with Crippen LogP contribution in [0.4, 0.5) is 0 Å². The number of hydrogen-bond acceptors (Lipinski definition) is 4. The fraction of sp³-hybridized carbons (Fsp3) is 1.00. The van der Waals surface area contributed by atoms with Crippen molar-refractivity contribution in [2.45, 2.75) is 37.8 Å². The molecule has 0 amide bonds. The monoisotopic (exact) mass is 222 g/mol. The molecule has 1 fully saturated rings. The van der Waals surface area contributed by atoms with Gasteiger partial charge in [-0.25, -0.2) is 13.1 Å². The van der Waals surface area contributed by atoms with Crippen LogP contribution in [0.5, 0.6) is 0 Å². The highest BCUT2D eigenvalue weighted by atomic mass is 32.2. The highest BCUT2D eigenvalue weighted by Crippen LogP contribution is 2.20. The fourth-order valence-electron chi connectivity index (χ4n) is 1.77. The van der Waals surface area contributed by atoms with E-state index in [1.807, 2.05) is 0 Å². The van der Waals surface area contributed by atoms with Crippen LogP contribution in [0.1, 0.15) is 25.7 Å². The Morgan fingerprint density at radius 1 is 1.43 bits per heavy atom. The molecule has 1 aliphatic carbocycles. The molecule has 0 bridgehead atoms. The third-order valence-corrected chi connectivity index (χ3v) is 3.09. The first kappa shape index (κ1) is 11.4. The molecule has 0 radical (unpaired) electrons. The minimum atomic E-state index is -3.25. The van der Waals surface area contributed by atoms with Crippen molar-refractivity contribution >= 4 is 10.0 Å². The molecule has 1 N–H and O–H groups in total. The number of hydrogen-bond donors (Lipinski definition) is 1. The molecule has 0 saturated heterocycles. The van der Waals surface area contributed by atoms with Gasteiger partial charge in [0.2, 0.25) is 16.1 Å². The zero-order valence-corrected chi connectivity index (χ0v) is 8.79. The van der Waals surface area contributed by atoms with Crippen LogP contribution >= 0.6 is 0 Å². The molecule has 1 rings (SSSR count). The maximum absolute atomic E-state index is 10.9. The van der Waals surface area contributed by atoms with E-state index in [0.717, 1.165) is 6.26 Å². The summed E-state index contributed by atoms with van der Waals surface area (Å²) < 4.78 is 24.2. The maximum Gasteiger partial charge on any atom is 0.214 e. The quantitative estimate of drug-likeness (QED) is 0.542. The third-order valence-electron chi connectivity index (χ3n) is 2.33. The number of rotatable bonds is 3. The smallest absolute Gasteiger partial charge is 0.214 e. The Balaban J connectivity index is 2.52. The summed E-state index contributed by atoms with van der Waals surface area (Å²) in [5, 5.41) is 10.5. The van der Waals surface area contributed by atoms with Gasteiger partial charge in [-0.1, -0.05) is 0 Å². The standard InChI is InChI=1S/C7H14N2O4S/c1-14(12,13)8-6-3-2-4-7(5-6)9(10)11/h6-8H,2-5H2,1H3. The van der Waals surface area contributed by atoms with E-state index in [9.17, 15) is 18.5 Å². The summed E-state index contributed by atoms with van der Waals surface area (Å²) in [6.07, 6.45) is 3.33. The predicted molar refractivity (Wildman–Crippen MR) is 51.0 cm³/mol. The number of nitro groups is 1. The van der Waals surface area contributed by atoms with Crippen molar-refractivity contribution in [3.05, 3.63) is 10.1 Å². The van der Waals surface area contributed by atoms with Gasteiger partial charge in [0.05, 0.1) is 6.26 Å². The van der Waals surface area contributed by atoms with Crippen molar-refractivity contribution in [1.82, 2.24) is 4.72 Å². The SMILES string of the molecule is CS(=O)(=O)NC1CCCC([N+](=O)[O-])C1. The van der Waals surface area contributed by atoms with E-state index in [0.29, 0.717) is 25.7 Å². The molecule has 0 aromatic heterocycles. The van der Waals surface area contributed by atoms with Gasteiger partial charge in [-0.15, -0.1) is 0 Å². The van der Waals surface area contributed by atoms with Crippen molar-refractivity contribution in [1.29, 1.82) is 0 Å². The van der Waals surface area contributed by atoms with Crippen molar-refractivity contribution < 1.29 is 13.3 Å². The lowest BCUT2D eigenvalue weighted by Crippen LogP contribution is -2.41. The molecule has 0 aromatic carbocycles. The second kappa shape index (κ2) is 4.22. The van der Waals surface area contributed by atoms with Gasteiger partial charge < -0.3 is 0 Å². The second-order valence-electron chi connectivity index (χ2n) is 3.69. The van der Waals surface area contributed by atoms with Gasteiger partial charge in [-0.2, -0.15) is 0 Å². The van der Waals surface area contributed by atoms with E-state index in [-0.39, 0.29) is 11.0 Å². The minimum absolute atomic E-state index is 0.269. The second-order valence-corrected chi connectivity index (χ2v) is 5.47. The first-order valence-corrected chi connectivity index (χ1v) is 6.38. The molecule has 6 nitrogen and oxygen atoms in total. The van der Waals surface area contributed by atoms with E-state index >= 15 is 0 Å². The van der Waals surface area contributed by atoms with Gasteiger partial charge >= 0.3 is 0 Å². The number of nitrogens with one attached hydrogen (secondary N) is 1. The van der Waals surface area contributed by atoms with Gasteiger partial charge in [-0.05, 0) is 12.8 Å². The third kappa shape index (κ3) is 3.59. The number of nitrogens with zero attached hydrogens (tertiary/aromatic N) is 1. The highest BCUT2D eigenvalue weighted by molar-refractivity contribution is 7.88. The Kier molecular flexibility index (Phi) is 3.43. The van der Waals surface area contributed by atoms with Gasteiger partial charge in [0.1, 0.15) is 0 Å². The topological polar surface area (TPSA) is 89.3 Å². The molecule has 7 heteroatoms. The molecule has 1 aliphatic rings. The van der Waals surface area contributed by atoms with E-state index in [1.54, 1.807) is 0 Å². The summed E-state index contributed by atoms with van der Waals surface area (Å²) in [6.45, 7) is 0. The molecular formula is C7H14N2O4S. The zero-order valence-electron chi connectivity index (χ0n) is 7.97. The average Bonchev–Trinajstić information content (AvgIpc) is 2.01. The predicted octanol–water partition coefficient (Wildman–Crippen LogP) is 0.123. The van der Waals surface area contributed by atoms with E-state index in [1.165, 1.54) is 0 Å². The summed E-state index contributed by atoms with van der Waals surface area (Å²) in [5.74, 6) is 0. The van der Waals surface area contributed by atoms with Crippen LogP contribution in [0.15, 0.2) is 0 Å². The molecular weight excluding hydrogens is 208 g/mol.